The van der Waals surface area contributed by atoms with E-state index in [0.717, 1.165) is 51.4 Å². The number of nitrogens with zero attached hydrogens (tertiary/aromatic N) is 4. The predicted octanol–water partition coefficient (Wildman–Crippen LogP) is 2.80. The molecule has 138 valence electrons. The van der Waals surface area contributed by atoms with Crippen molar-refractivity contribution >= 4 is 0 Å². The normalized spacial score (nSPS) is 18.0. The topological polar surface area (TPSA) is 22.6 Å². The zero-order chi connectivity index (χ0) is 18.5. The fraction of sp³-hybridized carbons (Fsp3) is 0.348. The van der Waals surface area contributed by atoms with Crippen molar-refractivity contribution in [3.63, 3.8) is 0 Å². The van der Waals surface area contributed by atoms with Crippen LogP contribution in [0.25, 0.3) is 0 Å². The zero-order valence-corrected chi connectivity index (χ0v) is 15.9. The van der Waals surface area contributed by atoms with Crippen molar-refractivity contribution < 1.29 is 0 Å². The molecule has 0 spiro atoms. The van der Waals surface area contributed by atoms with Crippen LogP contribution in [0.3, 0.4) is 0 Å². The number of aromatic nitrogens is 1. The van der Waals surface area contributed by atoms with Crippen molar-refractivity contribution in [3.8, 4) is 11.8 Å². The van der Waals surface area contributed by atoms with Gasteiger partial charge in [-0.15, -0.1) is 0 Å². The summed E-state index contributed by atoms with van der Waals surface area (Å²) in [6, 6.07) is 14.7. The SMILES string of the molecule is CN1CN(Cc2ccccc2)CC2=C1CCN(CC#Cc1ccncc1)C2. The zero-order valence-electron chi connectivity index (χ0n) is 15.9. The second-order valence-electron chi connectivity index (χ2n) is 7.36. The molecule has 0 unspecified atom stereocenters. The molecular weight excluding hydrogens is 332 g/mol. The number of rotatable bonds is 3. The molecule has 3 heterocycles. The van der Waals surface area contributed by atoms with E-state index >= 15 is 0 Å². The second kappa shape index (κ2) is 8.39. The minimum absolute atomic E-state index is 0.821. The lowest BCUT2D eigenvalue weighted by Crippen LogP contribution is -2.47. The van der Waals surface area contributed by atoms with E-state index in [-0.39, 0.29) is 0 Å². The van der Waals surface area contributed by atoms with Crippen LogP contribution in [0.5, 0.6) is 0 Å². The Hall–Kier alpha value is -2.61. The lowest BCUT2D eigenvalue weighted by Gasteiger charge is -2.42. The molecule has 0 bridgehead atoms. The highest BCUT2D eigenvalue weighted by atomic mass is 15.3. The minimum Gasteiger partial charge on any atom is -0.365 e. The van der Waals surface area contributed by atoms with Gasteiger partial charge in [-0.1, -0.05) is 42.2 Å². The van der Waals surface area contributed by atoms with Gasteiger partial charge in [-0.3, -0.25) is 14.8 Å². The van der Waals surface area contributed by atoms with Crippen LogP contribution in [0.2, 0.25) is 0 Å². The highest BCUT2D eigenvalue weighted by molar-refractivity contribution is 5.32. The Balaban J connectivity index is 1.38. The van der Waals surface area contributed by atoms with E-state index in [1.54, 1.807) is 18.0 Å². The molecule has 0 atom stereocenters. The first kappa shape index (κ1) is 17.8. The highest BCUT2D eigenvalue weighted by Gasteiger charge is 2.27. The number of benzene rings is 1. The van der Waals surface area contributed by atoms with Gasteiger partial charge < -0.3 is 4.90 Å². The summed E-state index contributed by atoms with van der Waals surface area (Å²) in [5.41, 5.74) is 5.51. The Kier molecular flexibility index (Phi) is 5.53. The molecule has 0 radical (unpaired) electrons. The van der Waals surface area contributed by atoms with E-state index in [4.69, 9.17) is 0 Å². The number of hydrogen-bond donors (Lipinski definition) is 0. The monoisotopic (exact) mass is 358 g/mol. The Morgan fingerprint density at radius 3 is 2.59 bits per heavy atom. The molecule has 1 aromatic heterocycles. The maximum atomic E-state index is 4.04. The molecule has 27 heavy (non-hydrogen) atoms. The molecule has 2 aliphatic heterocycles. The predicted molar refractivity (Wildman–Crippen MR) is 109 cm³/mol. The van der Waals surface area contributed by atoms with E-state index < -0.39 is 0 Å². The van der Waals surface area contributed by atoms with Gasteiger partial charge in [0.15, 0.2) is 0 Å². The number of hydrogen-bond acceptors (Lipinski definition) is 4. The first-order valence-corrected chi connectivity index (χ1v) is 9.57. The smallest absolute Gasteiger partial charge is 0.0706 e. The largest absolute Gasteiger partial charge is 0.365 e. The van der Waals surface area contributed by atoms with Crippen LogP contribution in [0.4, 0.5) is 0 Å². The van der Waals surface area contributed by atoms with E-state index in [0.29, 0.717) is 0 Å². The molecule has 0 N–H and O–H groups in total. The lowest BCUT2D eigenvalue weighted by atomic mass is 10.0. The first-order chi connectivity index (χ1) is 13.3. The molecule has 0 saturated heterocycles. The van der Waals surface area contributed by atoms with Crippen molar-refractivity contribution in [2.24, 2.45) is 0 Å². The maximum Gasteiger partial charge on any atom is 0.0706 e. The van der Waals surface area contributed by atoms with Gasteiger partial charge in [-0.25, -0.2) is 0 Å². The first-order valence-electron chi connectivity index (χ1n) is 9.57. The summed E-state index contributed by atoms with van der Waals surface area (Å²) in [4.78, 5) is 11.5. The number of pyridine rings is 1. The molecule has 0 fully saturated rings. The van der Waals surface area contributed by atoms with E-state index in [2.05, 4.69) is 68.9 Å². The van der Waals surface area contributed by atoms with E-state index in [9.17, 15) is 0 Å². The molecule has 0 saturated carbocycles. The standard InChI is InChI=1S/C23H26N4/c1-25-19-27(16-21-6-3-2-4-7-21)18-22-17-26(15-11-23(22)25)14-5-8-20-9-12-24-13-10-20/h2-4,6-7,9-10,12-13H,11,14-19H2,1H3. The molecule has 1 aromatic carbocycles. The van der Waals surface area contributed by atoms with Crippen molar-refractivity contribution in [1.29, 1.82) is 0 Å². The quantitative estimate of drug-likeness (QED) is 0.787. The van der Waals surface area contributed by atoms with Crippen LogP contribution in [0, 0.1) is 11.8 Å². The highest BCUT2D eigenvalue weighted by Crippen LogP contribution is 2.26. The summed E-state index contributed by atoms with van der Waals surface area (Å²) in [5.74, 6) is 6.57. The summed E-state index contributed by atoms with van der Waals surface area (Å²) < 4.78 is 0. The summed E-state index contributed by atoms with van der Waals surface area (Å²) in [6.07, 6.45) is 4.71. The summed E-state index contributed by atoms with van der Waals surface area (Å²) >= 11 is 0. The molecule has 0 amide bonds. The molecule has 2 aromatic rings. The van der Waals surface area contributed by atoms with Crippen LogP contribution in [-0.4, -0.2) is 59.6 Å². The Morgan fingerprint density at radius 2 is 1.78 bits per heavy atom. The molecule has 0 aliphatic carbocycles. The van der Waals surface area contributed by atoms with E-state index in [1.165, 1.54) is 11.3 Å². The molecule has 4 rings (SSSR count). The van der Waals surface area contributed by atoms with Crippen LogP contribution in [0.15, 0.2) is 66.1 Å². The third-order valence-corrected chi connectivity index (χ3v) is 5.24. The van der Waals surface area contributed by atoms with Gasteiger partial charge in [0.1, 0.15) is 0 Å². The third kappa shape index (κ3) is 4.57. The Labute approximate surface area is 162 Å². The molecule has 2 aliphatic rings. The molecule has 4 heteroatoms. The Bertz CT molecular complexity index is 848. The van der Waals surface area contributed by atoms with Gasteiger partial charge in [0.05, 0.1) is 13.2 Å². The van der Waals surface area contributed by atoms with E-state index in [1.807, 2.05) is 12.1 Å². The molecular formula is C23H26N4. The van der Waals surface area contributed by atoms with Gasteiger partial charge in [-0.05, 0) is 23.3 Å². The fourth-order valence-corrected chi connectivity index (χ4v) is 3.96. The van der Waals surface area contributed by atoms with Crippen molar-refractivity contribution in [2.45, 2.75) is 13.0 Å². The fourth-order valence-electron chi connectivity index (χ4n) is 3.96. The minimum atomic E-state index is 0.821. The average Bonchev–Trinajstić information content (AvgIpc) is 2.69. The van der Waals surface area contributed by atoms with Crippen LogP contribution >= 0.6 is 0 Å². The molecule has 4 nitrogen and oxygen atoms in total. The van der Waals surface area contributed by atoms with Gasteiger partial charge in [-0.2, -0.15) is 0 Å². The van der Waals surface area contributed by atoms with Crippen LogP contribution in [-0.2, 0) is 6.54 Å². The van der Waals surface area contributed by atoms with Gasteiger partial charge >= 0.3 is 0 Å². The average molecular weight is 358 g/mol. The van der Waals surface area contributed by atoms with Crippen LogP contribution < -0.4 is 0 Å². The lowest BCUT2D eigenvalue weighted by molar-refractivity contribution is 0.137. The van der Waals surface area contributed by atoms with Gasteiger partial charge in [0.2, 0.25) is 0 Å². The summed E-state index contributed by atoms with van der Waals surface area (Å²) in [7, 11) is 2.23. The maximum absolute atomic E-state index is 4.04. The van der Waals surface area contributed by atoms with Gasteiger partial charge in [0.25, 0.3) is 0 Å². The van der Waals surface area contributed by atoms with Crippen LogP contribution in [0.1, 0.15) is 17.5 Å². The Morgan fingerprint density at radius 1 is 1.00 bits per heavy atom. The summed E-state index contributed by atoms with van der Waals surface area (Å²) in [5, 5.41) is 0. The third-order valence-electron chi connectivity index (χ3n) is 5.24. The van der Waals surface area contributed by atoms with Crippen molar-refractivity contribution in [3.05, 3.63) is 77.3 Å². The summed E-state index contributed by atoms with van der Waals surface area (Å²) in [6.45, 7) is 6.01. The van der Waals surface area contributed by atoms with Crippen molar-refractivity contribution in [2.75, 3.05) is 39.9 Å². The van der Waals surface area contributed by atoms with Crippen molar-refractivity contribution in [1.82, 2.24) is 19.7 Å². The second-order valence-corrected chi connectivity index (χ2v) is 7.36. The van der Waals surface area contributed by atoms with Gasteiger partial charge in [0, 0.05) is 63.3 Å².